The Kier molecular flexibility index (Phi) is 18.8. The van der Waals surface area contributed by atoms with Crippen molar-refractivity contribution in [2.45, 2.75) is 77.0 Å². The van der Waals surface area contributed by atoms with E-state index in [-0.39, 0.29) is 19.8 Å². The van der Waals surface area contributed by atoms with Crippen molar-refractivity contribution >= 4 is 12.2 Å². The van der Waals surface area contributed by atoms with Crippen LogP contribution in [0.3, 0.4) is 0 Å². The Bertz CT molecular complexity index is 662. The van der Waals surface area contributed by atoms with Gasteiger partial charge < -0.3 is 45.8 Å². The van der Waals surface area contributed by atoms with Crippen molar-refractivity contribution in [2.24, 2.45) is 11.6 Å². The minimum atomic E-state index is -1.16. The van der Waals surface area contributed by atoms with Crippen LogP contribution in [0.2, 0.25) is 0 Å². The number of carbonyl (C=O) groups excluding carboxylic acids is 2. The van der Waals surface area contributed by atoms with Gasteiger partial charge in [-0.3, -0.25) is 4.84 Å². The van der Waals surface area contributed by atoms with Gasteiger partial charge in [-0.25, -0.2) is 15.5 Å². The number of aliphatic hydroxyl groups excluding tert-OH is 4. The lowest BCUT2D eigenvalue weighted by Crippen LogP contribution is -2.47. The summed E-state index contributed by atoms with van der Waals surface area (Å²) >= 11 is 0. The number of amides is 2. The standard InChI is InChI=1S/C16H30N2O7.C6H14N2O3/c1-15(2,3)24-13(21)17-11(10-19)12(20)8-7-9-23-18-14(22)25-16(4,5)6;7-5(4-9)6(10)2-1-3-11-8/h7-8,11-12,19-20H,9-10H2,1-6H3,(H,17,21)(H,18,22);1-2,5-6,9-10H,3-4,7-8H2/b8-7+;2-1+/t11-,12+;5-,6+/m00/s1. The van der Waals surface area contributed by atoms with Gasteiger partial charge in [0.15, 0.2) is 0 Å². The van der Waals surface area contributed by atoms with E-state index in [0.29, 0.717) is 0 Å². The Balaban J connectivity index is 0. The van der Waals surface area contributed by atoms with Gasteiger partial charge in [-0.15, -0.1) is 0 Å². The quantitative estimate of drug-likeness (QED) is 0.0905. The van der Waals surface area contributed by atoms with Crippen LogP contribution >= 0.6 is 0 Å². The van der Waals surface area contributed by atoms with E-state index >= 15 is 0 Å². The van der Waals surface area contributed by atoms with Crippen LogP contribution in [0.25, 0.3) is 0 Å². The second-order valence-electron chi connectivity index (χ2n) is 9.37. The van der Waals surface area contributed by atoms with Gasteiger partial charge >= 0.3 is 12.2 Å². The van der Waals surface area contributed by atoms with Gasteiger partial charge in [0.25, 0.3) is 0 Å². The Morgan fingerprint density at radius 2 is 1.36 bits per heavy atom. The molecule has 0 aliphatic rings. The first kappa shape index (κ1) is 35.9. The highest BCUT2D eigenvalue weighted by Gasteiger charge is 2.22. The maximum Gasteiger partial charge on any atom is 0.431 e. The number of hydroxylamine groups is 1. The lowest BCUT2D eigenvalue weighted by molar-refractivity contribution is -0.000235. The summed E-state index contributed by atoms with van der Waals surface area (Å²) in [6, 6.07) is -1.59. The van der Waals surface area contributed by atoms with E-state index in [4.69, 9.17) is 36.2 Å². The molecule has 0 aliphatic heterocycles. The Morgan fingerprint density at radius 3 is 1.83 bits per heavy atom. The number of nitrogens with one attached hydrogen (secondary N) is 2. The lowest BCUT2D eigenvalue weighted by Gasteiger charge is -2.24. The molecule has 0 fully saturated rings. The average molecular weight is 525 g/mol. The van der Waals surface area contributed by atoms with Crippen molar-refractivity contribution < 1.29 is 49.2 Å². The molecule has 0 spiro atoms. The number of hydrogen-bond donors (Lipinski definition) is 8. The molecule has 0 saturated carbocycles. The summed E-state index contributed by atoms with van der Waals surface area (Å²) in [5.41, 5.74) is 6.03. The van der Waals surface area contributed by atoms with Crippen molar-refractivity contribution in [3.63, 3.8) is 0 Å². The van der Waals surface area contributed by atoms with Crippen LogP contribution in [0.4, 0.5) is 9.59 Å². The van der Waals surface area contributed by atoms with E-state index in [9.17, 15) is 19.8 Å². The molecule has 0 aromatic rings. The second-order valence-corrected chi connectivity index (χ2v) is 9.37. The smallest absolute Gasteiger partial charge is 0.431 e. The molecule has 0 unspecified atom stereocenters. The zero-order valence-electron chi connectivity index (χ0n) is 21.8. The summed E-state index contributed by atoms with van der Waals surface area (Å²) in [5.74, 6) is 4.71. The number of rotatable bonds is 12. The van der Waals surface area contributed by atoms with Crippen LogP contribution in [-0.4, -0.2) is 94.5 Å². The van der Waals surface area contributed by atoms with Crippen LogP contribution < -0.4 is 22.4 Å². The van der Waals surface area contributed by atoms with Gasteiger partial charge in [0.05, 0.1) is 50.7 Å². The van der Waals surface area contributed by atoms with E-state index in [1.54, 1.807) is 41.5 Å². The minimum absolute atomic E-state index is 0.0408. The fourth-order valence-corrected chi connectivity index (χ4v) is 1.98. The summed E-state index contributed by atoms with van der Waals surface area (Å²) < 4.78 is 10.0. The Labute approximate surface area is 212 Å². The molecule has 0 aliphatic carbocycles. The molecule has 0 saturated heterocycles. The summed E-state index contributed by atoms with van der Waals surface area (Å²) in [4.78, 5) is 32.0. The third-order valence-electron chi connectivity index (χ3n) is 3.55. The molecule has 0 aromatic carbocycles. The SMILES string of the molecule is CC(C)(C)OC(=O)NOC/C=C/[C@@H](O)[C@H](CO)NC(=O)OC(C)(C)C.NOC/C=C/[C@@H](O)[C@@H](N)CO. The molecule has 14 nitrogen and oxygen atoms in total. The molecule has 2 amide bonds. The first-order valence-electron chi connectivity index (χ1n) is 11.1. The highest BCUT2D eigenvalue weighted by atomic mass is 16.7. The predicted molar refractivity (Wildman–Crippen MR) is 131 cm³/mol. The summed E-state index contributed by atoms with van der Waals surface area (Å²) in [6.45, 7) is 9.69. The molecule has 0 aromatic heterocycles. The van der Waals surface area contributed by atoms with Crippen LogP contribution in [0, 0.1) is 0 Å². The van der Waals surface area contributed by atoms with Gasteiger partial charge in [-0.2, -0.15) is 5.48 Å². The van der Waals surface area contributed by atoms with Gasteiger partial charge in [0, 0.05) is 0 Å². The topological polar surface area (TPSA) is 228 Å². The van der Waals surface area contributed by atoms with E-state index in [0.717, 1.165) is 0 Å². The molecule has 212 valence electrons. The normalized spacial score (nSPS) is 15.4. The number of hydrogen-bond acceptors (Lipinski definition) is 12. The van der Waals surface area contributed by atoms with Crippen molar-refractivity contribution in [1.82, 2.24) is 10.8 Å². The molecule has 0 heterocycles. The molecular formula is C22H44N4O10. The highest BCUT2D eigenvalue weighted by molar-refractivity contribution is 5.68. The van der Waals surface area contributed by atoms with E-state index in [2.05, 4.69) is 15.6 Å². The molecule has 0 rings (SSSR count). The number of alkyl carbamates (subject to hydrolysis) is 1. The third-order valence-corrected chi connectivity index (χ3v) is 3.55. The van der Waals surface area contributed by atoms with E-state index in [1.165, 1.54) is 24.3 Å². The predicted octanol–water partition coefficient (Wildman–Crippen LogP) is -0.641. The van der Waals surface area contributed by atoms with Crippen molar-refractivity contribution in [3.8, 4) is 0 Å². The largest absolute Gasteiger partial charge is 0.444 e. The molecule has 36 heavy (non-hydrogen) atoms. The zero-order chi connectivity index (χ0) is 28.4. The summed E-state index contributed by atoms with van der Waals surface area (Å²) in [7, 11) is 0. The Morgan fingerprint density at radius 1 is 0.861 bits per heavy atom. The van der Waals surface area contributed by atoms with Gasteiger partial charge in [0.2, 0.25) is 0 Å². The Hall–Kier alpha value is -2.30. The first-order chi connectivity index (χ1) is 16.6. The van der Waals surface area contributed by atoms with E-state index < -0.39 is 54.3 Å². The number of ether oxygens (including phenoxy) is 2. The van der Waals surface area contributed by atoms with Crippen molar-refractivity contribution in [3.05, 3.63) is 24.3 Å². The van der Waals surface area contributed by atoms with Crippen LogP contribution in [-0.2, 0) is 19.1 Å². The molecule has 0 radical (unpaired) electrons. The number of carbonyl (C=O) groups is 2. The highest BCUT2D eigenvalue weighted by Crippen LogP contribution is 2.08. The lowest BCUT2D eigenvalue weighted by atomic mass is 10.1. The maximum atomic E-state index is 11.6. The number of aliphatic hydroxyl groups is 4. The monoisotopic (exact) mass is 524 g/mol. The van der Waals surface area contributed by atoms with Gasteiger partial charge in [-0.1, -0.05) is 24.3 Å². The molecule has 10 N–H and O–H groups in total. The van der Waals surface area contributed by atoms with Crippen LogP contribution in [0.5, 0.6) is 0 Å². The first-order valence-corrected chi connectivity index (χ1v) is 11.1. The van der Waals surface area contributed by atoms with Crippen LogP contribution in [0.1, 0.15) is 41.5 Å². The summed E-state index contributed by atoms with van der Waals surface area (Å²) in [5, 5.41) is 39.1. The molecule has 4 atom stereocenters. The van der Waals surface area contributed by atoms with Gasteiger partial charge in [-0.05, 0) is 41.5 Å². The van der Waals surface area contributed by atoms with Crippen molar-refractivity contribution in [1.29, 1.82) is 0 Å². The fraction of sp³-hybridized carbons (Fsp3) is 0.727. The van der Waals surface area contributed by atoms with Crippen LogP contribution in [0.15, 0.2) is 24.3 Å². The zero-order valence-corrected chi connectivity index (χ0v) is 21.8. The number of nitrogens with two attached hydrogens (primary N) is 2. The van der Waals surface area contributed by atoms with Crippen molar-refractivity contribution in [2.75, 3.05) is 26.4 Å². The molecule has 14 heteroatoms. The molecular weight excluding hydrogens is 480 g/mol. The summed E-state index contributed by atoms with van der Waals surface area (Å²) in [6.07, 6.45) is 2.19. The minimum Gasteiger partial charge on any atom is -0.444 e. The fourth-order valence-electron chi connectivity index (χ4n) is 1.98. The average Bonchev–Trinajstić information content (AvgIpc) is 2.74. The second kappa shape index (κ2) is 18.9. The van der Waals surface area contributed by atoms with E-state index in [1.807, 2.05) is 0 Å². The van der Waals surface area contributed by atoms with Gasteiger partial charge in [0.1, 0.15) is 11.2 Å². The maximum absolute atomic E-state index is 11.6. The molecule has 0 bridgehead atoms. The third kappa shape index (κ3) is 22.2.